The van der Waals surface area contributed by atoms with Crippen LogP contribution in [0.2, 0.25) is 0 Å². The van der Waals surface area contributed by atoms with Crippen molar-refractivity contribution in [1.82, 2.24) is 10.3 Å². The summed E-state index contributed by atoms with van der Waals surface area (Å²) in [6.45, 7) is 0.311. The van der Waals surface area contributed by atoms with Gasteiger partial charge in [0.1, 0.15) is 9.88 Å². The molecule has 1 aliphatic rings. The Kier molecular flexibility index (Phi) is 4.11. The molecular weight excluding hydrogens is 312 g/mol. The van der Waals surface area contributed by atoms with Crippen molar-refractivity contribution < 1.29 is 9.90 Å². The number of thiazole rings is 1. The van der Waals surface area contributed by atoms with Gasteiger partial charge in [0.2, 0.25) is 0 Å². The van der Waals surface area contributed by atoms with E-state index in [2.05, 4.69) is 10.3 Å². The van der Waals surface area contributed by atoms with Crippen molar-refractivity contribution >= 4 is 40.3 Å². The summed E-state index contributed by atoms with van der Waals surface area (Å²) in [5.74, 6) is 1.49. The second kappa shape index (κ2) is 5.85. The first kappa shape index (κ1) is 14.1. The van der Waals surface area contributed by atoms with Crippen LogP contribution in [0.5, 0.6) is 0 Å². The first-order chi connectivity index (χ1) is 9.66. The molecule has 3 heterocycles. The second-order valence-electron chi connectivity index (χ2n) is 4.72. The molecule has 1 atom stereocenters. The van der Waals surface area contributed by atoms with Gasteiger partial charge >= 0.3 is 0 Å². The Hall–Kier alpha value is -0.890. The van der Waals surface area contributed by atoms with Crippen molar-refractivity contribution in [2.45, 2.75) is 12.0 Å². The highest BCUT2D eigenvalue weighted by molar-refractivity contribution is 7.99. The van der Waals surface area contributed by atoms with Gasteiger partial charge in [-0.05, 0) is 23.6 Å². The van der Waals surface area contributed by atoms with Crippen LogP contribution < -0.4 is 5.32 Å². The third-order valence-electron chi connectivity index (χ3n) is 3.12. The number of nitrogens with one attached hydrogen (secondary N) is 1. The first-order valence-electron chi connectivity index (χ1n) is 6.24. The highest BCUT2D eigenvalue weighted by Gasteiger charge is 2.32. The Morgan fingerprint density at radius 3 is 3.15 bits per heavy atom. The number of carbonyl (C=O) groups excluding carboxylic acids is 1. The normalized spacial score (nSPS) is 22.1. The molecule has 1 aliphatic heterocycles. The fraction of sp³-hybridized carbons (Fsp3) is 0.385. The number of carbonyl (C=O) groups is 1. The number of aliphatic hydroxyl groups is 1. The van der Waals surface area contributed by atoms with Gasteiger partial charge in [-0.1, -0.05) is 6.07 Å². The fourth-order valence-corrected chi connectivity index (χ4v) is 4.89. The van der Waals surface area contributed by atoms with Gasteiger partial charge in [-0.2, -0.15) is 11.8 Å². The van der Waals surface area contributed by atoms with Gasteiger partial charge in [-0.15, -0.1) is 22.7 Å². The number of thiophene rings is 1. The first-order valence-corrected chi connectivity index (χ1v) is 9.09. The van der Waals surface area contributed by atoms with Crippen molar-refractivity contribution in [3.8, 4) is 9.88 Å². The Labute approximate surface area is 129 Å². The molecule has 2 aromatic heterocycles. The number of amides is 1. The van der Waals surface area contributed by atoms with E-state index < -0.39 is 5.60 Å². The average molecular weight is 326 g/mol. The zero-order valence-electron chi connectivity index (χ0n) is 10.7. The van der Waals surface area contributed by atoms with Crippen molar-refractivity contribution in [3.05, 3.63) is 28.6 Å². The number of rotatable bonds is 4. The molecule has 0 aliphatic carbocycles. The molecule has 4 nitrogen and oxygen atoms in total. The zero-order valence-corrected chi connectivity index (χ0v) is 13.1. The van der Waals surface area contributed by atoms with Crippen LogP contribution >= 0.6 is 34.4 Å². The molecule has 3 rings (SSSR count). The number of nitrogens with zero attached hydrogens (tertiary/aromatic N) is 1. The fourth-order valence-electron chi connectivity index (χ4n) is 1.96. The van der Waals surface area contributed by atoms with Gasteiger partial charge in [-0.25, -0.2) is 4.98 Å². The molecule has 1 saturated heterocycles. The lowest BCUT2D eigenvalue weighted by molar-refractivity contribution is 0.0614. The molecule has 0 radical (unpaired) electrons. The Morgan fingerprint density at radius 1 is 1.55 bits per heavy atom. The average Bonchev–Trinajstić information content (AvgIpc) is 3.16. The molecule has 7 heteroatoms. The number of hydrogen-bond acceptors (Lipinski definition) is 6. The molecule has 0 bridgehead atoms. The summed E-state index contributed by atoms with van der Waals surface area (Å²) in [5, 5.41) is 15.9. The minimum absolute atomic E-state index is 0.157. The Bertz CT molecular complexity index is 589. The van der Waals surface area contributed by atoms with Crippen LogP contribution in [-0.4, -0.2) is 39.6 Å². The Balaban J connectivity index is 1.63. The maximum atomic E-state index is 12.1. The van der Waals surface area contributed by atoms with E-state index >= 15 is 0 Å². The lowest BCUT2D eigenvalue weighted by atomic mass is 10.0. The van der Waals surface area contributed by atoms with Gasteiger partial charge < -0.3 is 10.4 Å². The van der Waals surface area contributed by atoms with Crippen LogP contribution in [0, 0.1) is 0 Å². The molecule has 0 aromatic carbocycles. The summed E-state index contributed by atoms with van der Waals surface area (Å²) >= 11 is 4.71. The third kappa shape index (κ3) is 3.06. The highest BCUT2D eigenvalue weighted by Crippen LogP contribution is 2.29. The van der Waals surface area contributed by atoms with Crippen LogP contribution in [0.1, 0.15) is 16.1 Å². The van der Waals surface area contributed by atoms with Crippen LogP contribution in [0.3, 0.4) is 0 Å². The minimum Gasteiger partial charge on any atom is -0.387 e. The van der Waals surface area contributed by atoms with Crippen molar-refractivity contribution in [2.24, 2.45) is 0 Å². The SMILES string of the molecule is O=C(NCC1(O)CCSC1)c1cnc(-c2cccs2)s1. The predicted molar refractivity (Wildman–Crippen MR) is 84.7 cm³/mol. The highest BCUT2D eigenvalue weighted by atomic mass is 32.2. The zero-order chi connectivity index (χ0) is 14.0. The largest absolute Gasteiger partial charge is 0.387 e. The van der Waals surface area contributed by atoms with E-state index in [1.165, 1.54) is 11.3 Å². The summed E-state index contributed by atoms with van der Waals surface area (Å²) in [7, 11) is 0. The van der Waals surface area contributed by atoms with Gasteiger partial charge in [0.25, 0.3) is 5.91 Å². The molecule has 1 amide bonds. The van der Waals surface area contributed by atoms with E-state index in [4.69, 9.17) is 0 Å². The summed E-state index contributed by atoms with van der Waals surface area (Å²) in [6.07, 6.45) is 2.34. The van der Waals surface area contributed by atoms with Crippen molar-refractivity contribution in [1.29, 1.82) is 0 Å². The smallest absolute Gasteiger partial charge is 0.263 e. The lowest BCUT2D eigenvalue weighted by Crippen LogP contribution is -2.42. The molecule has 0 spiro atoms. The van der Waals surface area contributed by atoms with E-state index in [9.17, 15) is 9.90 Å². The van der Waals surface area contributed by atoms with Crippen LogP contribution in [0.25, 0.3) is 9.88 Å². The number of hydrogen-bond donors (Lipinski definition) is 2. The summed E-state index contributed by atoms with van der Waals surface area (Å²) < 4.78 is 0. The minimum atomic E-state index is -0.748. The number of thioether (sulfide) groups is 1. The predicted octanol–water partition coefficient (Wildman–Crippen LogP) is 2.47. The van der Waals surface area contributed by atoms with Gasteiger partial charge in [0.15, 0.2) is 0 Å². The van der Waals surface area contributed by atoms with Crippen LogP contribution in [0.15, 0.2) is 23.7 Å². The molecular formula is C13H14N2O2S3. The maximum absolute atomic E-state index is 12.1. The molecule has 2 aromatic rings. The van der Waals surface area contributed by atoms with Crippen molar-refractivity contribution in [3.63, 3.8) is 0 Å². The molecule has 2 N–H and O–H groups in total. The van der Waals surface area contributed by atoms with Gasteiger partial charge in [0, 0.05) is 12.3 Å². The topological polar surface area (TPSA) is 62.2 Å². The van der Waals surface area contributed by atoms with E-state index in [1.54, 1.807) is 29.3 Å². The molecule has 106 valence electrons. The molecule has 0 saturated carbocycles. The summed E-state index contributed by atoms with van der Waals surface area (Å²) in [5.41, 5.74) is -0.748. The monoisotopic (exact) mass is 326 g/mol. The van der Waals surface area contributed by atoms with Gasteiger partial charge in [-0.3, -0.25) is 4.79 Å². The van der Waals surface area contributed by atoms with E-state index in [0.29, 0.717) is 17.2 Å². The molecule has 1 fully saturated rings. The van der Waals surface area contributed by atoms with Crippen LogP contribution in [0.4, 0.5) is 0 Å². The van der Waals surface area contributed by atoms with Gasteiger partial charge in [0.05, 0.1) is 16.7 Å². The second-order valence-corrected chi connectivity index (χ2v) is 7.80. The molecule has 20 heavy (non-hydrogen) atoms. The Morgan fingerprint density at radius 2 is 2.45 bits per heavy atom. The molecule has 1 unspecified atom stereocenters. The van der Waals surface area contributed by atoms with E-state index in [-0.39, 0.29) is 5.91 Å². The lowest BCUT2D eigenvalue weighted by Gasteiger charge is -2.21. The van der Waals surface area contributed by atoms with E-state index in [1.807, 2.05) is 17.5 Å². The number of aromatic nitrogens is 1. The quantitative estimate of drug-likeness (QED) is 0.906. The summed E-state index contributed by atoms with van der Waals surface area (Å²) in [6, 6.07) is 3.96. The summed E-state index contributed by atoms with van der Waals surface area (Å²) in [4.78, 5) is 18.0. The maximum Gasteiger partial charge on any atom is 0.263 e. The van der Waals surface area contributed by atoms with E-state index in [0.717, 1.165) is 22.1 Å². The standard InChI is InChI=1S/C13H14N2O2S3/c16-11(15-7-13(17)3-5-18-8-13)10-6-14-12(20-10)9-2-1-4-19-9/h1-2,4,6,17H,3,5,7-8H2,(H,15,16). The van der Waals surface area contributed by atoms with Crippen LogP contribution in [-0.2, 0) is 0 Å². The van der Waals surface area contributed by atoms with Crippen molar-refractivity contribution in [2.75, 3.05) is 18.1 Å². The third-order valence-corrected chi connectivity index (χ3v) is 6.39.